The van der Waals surface area contributed by atoms with E-state index in [1.165, 1.54) is 26.1 Å². The first-order valence-electron chi connectivity index (χ1n) is 5.46. The van der Waals surface area contributed by atoms with Crippen LogP contribution in [-0.2, 0) is 0 Å². The molecule has 0 bridgehead atoms. The normalized spacial score (nSPS) is 32.5. The van der Waals surface area contributed by atoms with E-state index in [1.54, 1.807) is 0 Å². The highest BCUT2D eigenvalue weighted by Gasteiger charge is 2.21. The van der Waals surface area contributed by atoms with Crippen LogP contribution in [0.3, 0.4) is 0 Å². The summed E-state index contributed by atoms with van der Waals surface area (Å²) in [7, 11) is 0. The molecular formula is C10H20N2O. The summed E-state index contributed by atoms with van der Waals surface area (Å²) in [6.45, 7) is 5.81. The van der Waals surface area contributed by atoms with E-state index in [9.17, 15) is 5.11 Å². The largest absolute Gasteiger partial charge is 0.393 e. The van der Waals surface area contributed by atoms with Crippen LogP contribution in [0.15, 0.2) is 0 Å². The van der Waals surface area contributed by atoms with Crippen LogP contribution in [0.25, 0.3) is 0 Å². The van der Waals surface area contributed by atoms with Crippen molar-refractivity contribution >= 4 is 0 Å². The van der Waals surface area contributed by atoms with Crippen LogP contribution in [0, 0.1) is 5.92 Å². The maximum Gasteiger partial charge on any atom is 0.0564 e. The van der Waals surface area contributed by atoms with E-state index < -0.39 is 0 Å². The summed E-state index contributed by atoms with van der Waals surface area (Å²) in [6, 6.07) is 0. The lowest BCUT2D eigenvalue weighted by Gasteiger charge is -2.31. The van der Waals surface area contributed by atoms with Gasteiger partial charge in [0.05, 0.1) is 6.10 Å². The van der Waals surface area contributed by atoms with E-state index in [0.29, 0.717) is 0 Å². The fourth-order valence-corrected chi connectivity index (χ4v) is 2.34. The molecule has 3 nitrogen and oxygen atoms in total. The van der Waals surface area contributed by atoms with Crippen LogP contribution < -0.4 is 5.32 Å². The third-order valence-electron chi connectivity index (χ3n) is 3.24. The minimum Gasteiger partial charge on any atom is -0.393 e. The van der Waals surface area contributed by atoms with Gasteiger partial charge in [-0.05, 0) is 38.3 Å². The van der Waals surface area contributed by atoms with Gasteiger partial charge in [-0.25, -0.2) is 0 Å². The predicted molar refractivity (Wildman–Crippen MR) is 52.7 cm³/mol. The van der Waals surface area contributed by atoms with Gasteiger partial charge in [0.1, 0.15) is 0 Å². The van der Waals surface area contributed by atoms with E-state index in [0.717, 1.165) is 31.8 Å². The monoisotopic (exact) mass is 184 g/mol. The summed E-state index contributed by atoms with van der Waals surface area (Å²) in [4.78, 5) is 2.50. The Labute approximate surface area is 80.1 Å². The van der Waals surface area contributed by atoms with Gasteiger partial charge in [0.15, 0.2) is 0 Å². The van der Waals surface area contributed by atoms with E-state index in [2.05, 4.69) is 10.2 Å². The van der Waals surface area contributed by atoms with Crippen molar-refractivity contribution in [3.63, 3.8) is 0 Å². The number of likely N-dealkylation sites (tertiary alicyclic amines) is 1. The lowest BCUT2D eigenvalue weighted by Crippen LogP contribution is -2.39. The van der Waals surface area contributed by atoms with Crippen LogP contribution in [0.4, 0.5) is 0 Å². The summed E-state index contributed by atoms with van der Waals surface area (Å²) in [5, 5.41) is 12.7. The van der Waals surface area contributed by atoms with Crippen LogP contribution in [0.1, 0.15) is 19.3 Å². The number of aliphatic hydroxyl groups is 1. The molecule has 2 fully saturated rings. The molecule has 0 aromatic carbocycles. The predicted octanol–water partition coefficient (Wildman–Crippen LogP) is 0.0526. The second-order valence-corrected chi connectivity index (χ2v) is 4.39. The Balaban J connectivity index is 1.69. The summed E-state index contributed by atoms with van der Waals surface area (Å²) in [6.07, 6.45) is 3.25. The van der Waals surface area contributed by atoms with Crippen LogP contribution in [0.5, 0.6) is 0 Å². The Bertz CT molecular complexity index is 149. The average Bonchev–Trinajstić information content (AvgIpc) is 2.62. The van der Waals surface area contributed by atoms with Gasteiger partial charge < -0.3 is 15.3 Å². The van der Waals surface area contributed by atoms with Gasteiger partial charge in [-0.2, -0.15) is 0 Å². The second kappa shape index (κ2) is 4.40. The fourth-order valence-electron chi connectivity index (χ4n) is 2.34. The molecule has 0 spiro atoms. The molecule has 76 valence electrons. The van der Waals surface area contributed by atoms with E-state index >= 15 is 0 Å². The Hall–Kier alpha value is -0.120. The zero-order valence-electron chi connectivity index (χ0n) is 8.21. The van der Waals surface area contributed by atoms with Crippen molar-refractivity contribution in [1.29, 1.82) is 0 Å². The van der Waals surface area contributed by atoms with Gasteiger partial charge in [0, 0.05) is 19.6 Å². The molecule has 2 saturated heterocycles. The van der Waals surface area contributed by atoms with Crippen LogP contribution >= 0.6 is 0 Å². The maximum absolute atomic E-state index is 9.35. The van der Waals surface area contributed by atoms with E-state index in [4.69, 9.17) is 0 Å². The molecule has 2 rings (SSSR count). The highest BCUT2D eigenvalue weighted by molar-refractivity contribution is 4.78. The van der Waals surface area contributed by atoms with Gasteiger partial charge in [0.2, 0.25) is 0 Å². The molecule has 2 aliphatic rings. The van der Waals surface area contributed by atoms with Gasteiger partial charge >= 0.3 is 0 Å². The number of rotatable bonds is 2. The maximum atomic E-state index is 9.35. The van der Waals surface area contributed by atoms with Crippen molar-refractivity contribution in [2.24, 2.45) is 5.92 Å². The zero-order valence-corrected chi connectivity index (χ0v) is 8.21. The number of nitrogens with one attached hydrogen (secondary N) is 1. The van der Waals surface area contributed by atoms with Crippen molar-refractivity contribution in [1.82, 2.24) is 10.2 Å². The van der Waals surface area contributed by atoms with Crippen molar-refractivity contribution in [2.45, 2.75) is 25.4 Å². The minimum atomic E-state index is -0.0297. The molecule has 0 radical (unpaired) electrons. The molecule has 3 heteroatoms. The minimum absolute atomic E-state index is 0.0297. The third-order valence-corrected chi connectivity index (χ3v) is 3.24. The molecule has 0 aromatic rings. The summed E-state index contributed by atoms with van der Waals surface area (Å²) in [5.74, 6) is 0.857. The molecule has 0 unspecified atom stereocenters. The van der Waals surface area contributed by atoms with Gasteiger partial charge in [-0.3, -0.25) is 0 Å². The summed E-state index contributed by atoms with van der Waals surface area (Å²) < 4.78 is 0. The SMILES string of the molecule is OC1CCN(C[C@@H]2CCNC2)CC1. The Morgan fingerprint density at radius 1 is 1.23 bits per heavy atom. The zero-order chi connectivity index (χ0) is 9.10. The molecule has 2 heterocycles. The van der Waals surface area contributed by atoms with Crippen molar-refractivity contribution in [3.8, 4) is 0 Å². The van der Waals surface area contributed by atoms with Gasteiger partial charge in [0.25, 0.3) is 0 Å². The number of hydrogen-bond donors (Lipinski definition) is 2. The van der Waals surface area contributed by atoms with Gasteiger partial charge in [-0.1, -0.05) is 0 Å². The topological polar surface area (TPSA) is 35.5 Å². The lowest BCUT2D eigenvalue weighted by molar-refractivity contribution is 0.0761. The highest BCUT2D eigenvalue weighted by Crippen LogP contribution is 2.14. The number of hydrogen-bond acceptors (Lipinski definition) is 3. The molecular weight excluding hydrogens is 164 g/mol. The van der Waals surface area contributed by atoms with E-state index in [-0.39, 0.29) is 6.10 Å². The first-order chi connectivity index (χ1) is 6.34. The molecule has 0 saturated carbocycles. The third kappa shape index (κ3) is 2.66. The molecule has 13 heavy (non-hydrogen) atoms. The number of nitrogens with zero attached hydrogens (tertiary/aromatic N) is 1. The van der Waals surface area contributed by atoms with Gasteiger partial charge in [-0.15, -0.1) is 0 Å². The summed E-state index contributed by atoms with van der Waals surface area (Å²) >= 11 is 0. The van der Waals surface area contributed by atoms with E-state index in [1.807, 2.05) is 0 Å². The number of piperidine rings is 1. The first-order valence-corrected chi connectivity index (χ1v) is 5.46. The molecule has 0 aromatic heterocycles. The molecule has 2 aliphatic heterocycles. The first kappa shape index (κ1) is 9.44. The average molecular weight is 184 g/mol. The van der Waals surface area contributed by atoms with Crippen molar-refractivity contribution < 1.29 is 5.11 Å². The fraction of sp³-hybridized carbons (Fsp3) is 1.00. The summed E-state index contributed by atoms with van der Waals surface area (Å²) in [5.41, 5.74) is 0. The molecule has 1 atom stereocenters. The Kier molecular flexibility index (Phi) is 3.19. The Morgan fingerprint density at radius 3 is 2.62 bits per heavy atom. The molecule has 0 aliphatic carbocycles. The number of aliphatic hydroxyl groups excluding tert-OH is 1. The quantitative estimate of drug-likeness (QED) is 0.636. The standard InChI is InChI=1S/C10H20N2O/c13-10-2-5-12(6-3-10)8-9-1-4-11-7-9/h9-11,13H,1-8H2/t9-/m1/s1. The van der Waals surface area contributed by atoms with Crippen LogP contribution in [-0.4, -0.2) is 48.8 Å². The van der Waals surface area contributed by atoms with Crippen LogP contribution in [0.2, 0.25) is 0 Å². The molecule has 0 amide bonds. The highest BCUT2D eigenvalue weighted by atomic mass is 16.3. The Morgan fingerprint density at radius 2 is 2.00 bits per heavy atom. The molecule has 2 N–H and O–H groups in total. The second-order valence-electron chi connectivity index (χ2n) is 4.39. The van der Waals surface area contributed by atoms with Crippen molar-refractivity contribution in [2.75, 3.05) is 32.7 Å². The van der Waals surface area contributed by atoms with Crippen molar-refractivity contribution in [3.05, 3.63) is 0 Å². The smallest absolute Gasteiger partial charge is 0.0564 e. The lowest BCUT2D eigenvalue weighted by atomic mass is 10.0.